The van der Waals surface area contributed by atoms with E-state index >= 15 is 0 Å². The number of carboxylic acids is 1. The molecule has 2 unspecified atom stereocenters. The molecule has 0 radical (unpaired) electrons. The van der Waals surface area contributed by atoms with Gasteiger partial charge in [-0.25, -0.2) is 0 Å². The molecule has 0 amide bonds. The van der Waals surface area contributed by atoms with Crippen molar-refractivity contribution in [3.05, 3.63) is 35.9 Å². The van der Waals surface area contributed by atoms with Crippen molar-refractivity contribution < 1.29 is 19.4 Å². The van der Waals surface area contributed by atoms with Crippen LogP contribution < -0.4 is 0 Å². The summed E-state index contributed by atoms with van der Waals surface area (Å²) >= 11 is 0. The quantitative estimate of drug-likeness (QED) is 0.556. The molecule has 0 saturated heterocycles. The Bertz CT molecular complexity index is 483. The number of benzene rings is 1. The van der Waals surface area contributed by atoms with E-state index < -0.39 is 17.4 Å². The van der Waals surface area contributed by atoms with Crippen molar-refractivity contribution in [3.63, 3.8) is 0 Å². The number of esters is 1. The number of carbonyl (C=O) groups is 2. The first-order chi connectivity index (χ1) is 10.5. The molecule has 0 spiro atoms. The highest BCUT2D eigenvalue weighted by Crippen LogP contribution is 2.33. The van der Waals surface area contributed by atoms with E-state index in [2.05, 4.69) is 0 Å². The highest BCUT2D eigenvalue weighted by molar-refractivity contribution is 5.99. The maximum Gasteiger partial charge on any atom is 0.323 e. The van der Waals surface area contributed by atoms with Crippen LogP contribution in [-0.4, -0.2) is 23.1 Å². The van der Waals surface area contributed by atoms with Gasteiger partial charge in [0.25, 0.3) is 0 Å². The summed E-state index contributed by atoms with van der Waals surface area (Å²) in [5.74, 6) is -1.69. The Balaban J connectivity index is 2.94. The molecule has 0 aliphatic heterocycles. The average Bonchev–Trinajstić information content (AvgIpc) is 2.51. The molecule has 4 heteroatoms. The van der Waals surface area contributed by atoms with E-state index in [1.54, 1.807) is 6.92 Å². The number of ether oxygens (including phenoxy) is 1. The molecule has 2 atom stereocenters. The van der Waals surface area contributed by atoms with Gasteiger partial charge in [0.15, 0.2) is 5.41 Å². The Labute approximate surface area is 132 Å². The molecule has 1 N–H and O–H groups in total. The molecule has 0 bridgehead atoms. The van der Waals surface area contributed by atoms with E-state index in [0.717, 1.165) is 5.56 Å². The molecule has 0 aromatic heterocycles. The lowest BCUT2D eigenvalue weighted by Crippen LogP contribution is -2.42. The first-order valence-electron chi connectivity index (χ1n) is 7.94. The molecule has 0 fully saturated rings. The topological polar surface area (TPSA) is 63.6 Å². The van der Waals surface area contributed by atoms with Crippen molar-refractivity contribution in [3.8, 4) is 0 Å². The van der Waals surface area contributed by atoms with Crippen LogP contribution in [0.3, 0.4) is 0 Å². The summed E-state index contributed by atoms with van der Waals surface area (Å²) in [6.45, 7) is 5.58. The number of aryl methyl sites for hydroxylation is 1. The second-order valence-electron chi connectivity index (χ2n) is 5.75. The predicted octanol–water partition coefficient (Wildman–Crippen LogP) is 3.83. The van der Waals surface area contributed by atoms with Crippen LogP contribution in [0.2, 0.25) is 0 Å². The number of rotatable bonds is 9. The summed E-state index contributed by atoms with van der Waals surface area (Å²) in [7, 11) is 0. The van der Waals surface area contributed by atoms with Gasteiger partial charge in [0.2, 0.25) is 0 Å². The van der Waals surface area contributed by atoms with Crippen molar-refractivity contribution in [1.82, 2.24) is 0 Å². The van der Waals surface area contributed by atoms with Gasteiger partial charge in [-0.15, -0.1) is 0 Å². The SMILES string of the molecule is CCCC(CCc1ccccc1)(C(=O)O)C(=O)OC(C)CC. The minimum atomic E-state index is -1.45. The monoisotopic (exact) mass is 306 g/mol. The van der Waals surface area contributed by atoms with Gasteiger partial charge in [-0.1, -0.05) is 50.6 Å². The standard InChI is InChI=1S/C18H26O4/c1-4-12-18(16(19)20,17(21)22-14(3)5-2)13-11-15-9-7-6-8-10-15/h6-10,14H,4-5,11-13H2,1-3H3,(H,19,20). The summed E-state index contributed by atoms with van der Waals surface area (Å²) in [6.07, 6.45) is 2.13. The highest BCUT2D eigenvalue weighted by Gasteiger charge is 2.46. The minimum absolute atomic E-state index is 0.259. The molecule has 1 aromatic rings. The van der Waals surface area contributed by atoms with Crippen molar-refractivity contribution in [2.24, 2.45) is 5.41 Å². The molecule has 0 aliphatic carbocycles. The fraction of sp³-hybridized carbons (Fsp3) is 0.556. The third-order valence-electron chi connectivity index (χ3n) is 4.04. The fourth-order valence-corrected chi connectivity index (χ4v) is 2.44. The number of carbonyl (C=O) groups excluding carboxylic acids is 1. The maximum absolute atomic E-state index is 12.5. The Morgan fingerprint density at radius 2 is 1.82 bits per heavy atom. The lowest BCUT2D eigenvalue weighted by molar-refractivity contribution is -0.173. The lowest BCUT2D eigenvalue weighted by Gasteiger charge is -2.28. The van der Waals surface area contributed by atoms with Gasteiger partial charge in [0.1, 0.15) is 0 Å². The Morgan fingerprint density at radius 3 is 2.32 bits per heavy atom. The second-order valence-corrected chi connectivity index (χ2v) is 5.75. The normalized spacial score (nSPS) is 14.9. The first kappa shape index (κ1) is 18.2. The van der Waals surface area contributed by atoms with E-state index in [4.69, 9.17) is 4.74 Å². The van der Waals surface area contributed by atoms with E-state index in [-0.39, 0.29) is 12.5 Å². The van der Waals surface area contributed by atoms with Crippen molar-refractivity contribution in [2.45, 2.75) is 59.0 Å². The van der Waals surface area contributed by atoms with Gasteiger partial charge in [0, 0.05) is 0 Å². The molecular weight excluding hydrogens is 280 g/mol. The average molecular weight is 306 g/mol. The zero-order valence-corrected chi connectivity index (χ0v) is 13.7. The highest BCUT2D eigenvalue weighted by atomic mass is 16.5. The van der Waals surface area contributed by atoms with Gasteiger partial charge < -0.3 is 9.84 Å². The number of hydrogen-bond donors (Lipinski definition) is 1. The largest absolute Gasteiger partial charge is 0.480 e. The van der Waals surface area contributed by atoms with Crippen LogP contribution in [0, 0.1) is 5.41 Å². The van der Waals surface area contributed by atoms with E-state index in [0.29, 0.717) is 25.7 Å². The smallest absolute Gasteiger partial charge is 0.323 e. The van der Waals surface area contributed by atoms with Gasteiger partial charge in [-0.05, 0) is 38.2 Å². The zero-order chi connectivity index (χ0) is 16.6. The van der Waals surface area contributed by atoms with Crippen LogP contribution in [0.25, 0.3) is 0 Å². The van der Waals surface area contributed by atoms with Crippen molar-refractivity contribution >= 4 is 11.9 Å². The van der Waals surface area contributed by atoms with Crippen LogP contribution in [0.1, 0.15) is 52.0 Å². The maximum atomic E-state index is 12.5. The summed E-state index contributed by atoms with van der Waals surface area (Å²) < 4.78 is 5.35. The summed E-state index contributed by atoms with van der Waals surface area (Å²) in [6, 6.07) is 9.62. The van der Waals surface area contributed by atoms with Crippen LogP contribution in [0.15, 0.2) is 30.3 Å². The lowest BCUT2D eigenvalue weighted by atomic mass is 9.78. The number of aliphatic carboxylic acids is 1. The number of hydrogen-bond acceptors (Lipinski definition) is 3. The Hall–Kier alpha value is -1.84. The summed E-state index contributed by atoms with van der Waals surface area (Å²) in [4.78, 5) is 24.3. The molecule has 122 valence electrons. The molecule has 0 saturated carbocycles. The molecule has 0 aliphatic rings. The van der Waals surface area contributed by atoms with Gasteiger partial charge in [-0.3, -0.25) is 9.59 Å². The minimum Gasteiger partial charge on any atom is -0.480 e. The summed E-state index contributed by atoms with van der Waals surface area (Å²) in [5, 5.41) is 9.69. The van der Waals surface area contributed by atoms with Crippen molar-refractivity contribution in [1.29, 1.82) is 0 Å². The predicted molar refractivity (Wildman–Crippen MR) is 85.6 cm³/mol. The molecule has 1 aromatic carbocycles. The Kier molecular flexibility index (Phi) is 7.09. The third kappa shape index (κ3) is 4.58. The second kappa shape index (κ2) is 8.57. The molecular formula is C18H26O4. The molecule has 22 heavy (non-hydrogen) atoms. The molecule has 1 rings (SSSR count). The van der Waals surface area contributed by atoms with E-state index in [1.807, 2.05) is 44.2 Å². The molecule has 0 heterocycles. The van der Waals surface area contributed by atoms with Crippen molar-refractivity contribution in [2.75, 3.05) is 0 Å². The fourth-order valence-electron chi connectivity index (χ4n) is 2.44. The molecule has 4 nitrogen and oxygen atoms in total. The number of carboxylic acid groups (broad SMARTS) is 1. The zero-order valence-electron chi connectivity index (χ0n) is 13.7. The third-order valence-corrected chi connectivity index (χ3v) is 4.04. The van der Waals surface area contributed by atoms with Gasteiger partial charge in [0.05, 0.1) is 6.10 Å². The van der Waals surface area contributed by atoms with Gasteiger partial charge >= 0.3 is 11.9 Å². The van der Waals surface area contributed by atoms with Crippen LogP contribution >= 0.6 is 0 Å². The Morgan fingerprint density at radius 1 is 1.18 bits per heavy atom. The van der Waals surface area contributed by atoms with E-state index in [1.165, 1.54) is 0 Å². The first-order valence-corrected chi connectivity index (χ1v) is 7.94. The van der Waals surface area contributed by atoms with Gasteiger partial charge in [-0.2, -0.15) is 0 Å². The summed E-state index contributed by atoms with van der Waals surface area (Å²) in [5.41, 5.74) is -0.422. The van der Waals surface area contributed by atoms with Crippen LogP contribution in [0.5, 0.6) is 0 Å². The van der Waals surface area contributed by atoms with Crippen LogP contribution in [-0.2, 0) is 20.7 Å². The van der Waals surface area contributed by atoms with Crippen LogP contribution in [0.4, 0.5) is 0 Å². The van der Waals surface area contributed by atoms with E-state index in [9.17, 15) is 14.7 Å².